The van der Waals surface area contributed by atoms with Crippen molar-refractivity contribution in [1.82, 2.24) is 0 Å². The molecule has 0 saturated heterocycles. The van der Waals surface area contributed by atoms with Crippen LogP contribution in [0.25, 0.3) is 0 Å². The largest absolute Gasteiger partial charge is 0.396 e. The topological polar surface area (TPSA) is 38.7 Å². The van der Waals surface area contributed by atoms with Crippen LogP contribution in [0.1, 0.15) is 40.5 Å². The average molecular weight is 250 g/mol. The number of ether oxygens (including phenoxy) is 2. The first kappa shape index (κ1) is 16.2. The van der Waals surface area contributed by atoms with Crippen LogP contribution in [-0.2, 0) is 9.47 Å². The number of hydrogen-bond acceptors (Lipinski definition) is 4. The summed E-state index contributed by atoms with van der Waals surface area (Å²) in [6, 6.07) is 0. The Balaban J connectivity index is 3.78. The number of aliphatic hydroxyl groups excluding tert-OH is 1. The molecular weight excluding hydrogens is 224 g/mol. The molecule has 1 N–H and O–H groups in total. The zero-order valence-corrected chi connectivity index (χ0v) is 11.8. The molecular formula is C12H26O3S. The van der Waals surface area contributed by atoms with E-state index in [1.165, 1.54) is 0 Å². The van der Waals surface area contributed by atoms with E-state index in [-0.39, 0.29) is 17.8 Å². The highest BCUT2D eigenvalue weighted by atomic mass is 32.1. The maximum absolute atomic E-state index is 8.86. The molecule has 0 fully saturated rings. The summed E-state index contributed by atoms with van der Waals surface area (Å²) < 4.78 is 11.4. The molecule has 0 heterocycles. The van der Waals surface area contributed by atoms with Crippen molar-refractivity contribution in [3.8, 4) is 0 Å². The zero-order chi connectivity index (χ0) is 12.7. The fraction of sp³-hybridized carbons (Fsp3) is 1.00. The highest BCUT2D eigenvalue weighted by Gasteiger charge is 2.22. The molecule has 98 valence electrons. The molecule has 0 aliphatic rings. The van der Waals surface area contributed by atoms with E-state index >= 15 is 0 Å². The summed E-state index contributed by atoms with van der Waals surface area (Å²) in [5.41, 5.74) is -0.424. The lowest BCUT2D eigenvalue weighted by molar-refractivity contribution is -0.0744. The molecule has 0 atom stereocenters. The number of hydrogen-bond donors (Lipinski definition) is 2. The van der Waals surface area contributed by atoms with Crippen molar-refractivity contribution in [3.63, 3.8) is 0 Å². The van der Waals surface area contributed by atoms with Crippen LogP contribution in [0.3, 0.4) is 0 Å². The van der Waals surface area contributed by atoms with Crippen molar-refractivity contribution in [2.45, 2.75) is 51.7 Å². The van der Waals surface area contributed by atoms with Gasteiger partial charge in [0.2, 0.25) is 0 Å². The minimum Gasteiger partial charge on any atom is -0.396 e. The average Bonchev–Trinajstić information content (AvgIpc) is 2.14. The van der Waals surface area contributed by atoms with Crippen LogP contribution in [0.4, 0.5) is 0 Å². The minimum absolute atomic E-state index is 0.159. The Kier molecular flexibility index (Phi) is 7.64. The molecule has 0 radical (unpaired) electrons. The lowest BCUT2D eigenvalue weighted by Crippen LogP contribution is -2.31. The molecule has 16 heavy (non-hydrogen) atoms. The predicted molar refractivity (Wildman–Crippen MR) is 70.2 cm³/mol. The maximum Gasteiger partial charge on any atom is 0.0648 e. The van der Waals surface area contributed by atoms with Gasteiger partial charge in [-0.05, 0) is 40.5 Å². The highest BCUT2D eigenvalue weighted by molar-refractivity contribution is 7.80. The Hall–Kier alpha value is 0.230. The third-order valence-corrected chi connectivity index (χ3v) is 2.68. The Morgan fingerprint density at radius 1 is 0.938 bits per heavy atom. The highest BCUT2D eigenvalue weighted by Crippen LogP contribution is 2.19. The van der Waals surface area contributed by atoms with Gasteiger partial charge in [0.15, 0.2) is 0 Å². The van der Waals surface area contributed by atoms with Crippen LogP contribution in [0.15, 0.2) is 0 Å². The van der Waals surface area contributed by atoms with E-state index in [2.05, 4.69) is 26.5 Å². The molecule has 3 nitrogen and oxygen atoms in total. The monoisotopic (exact) mass is 250 g/mol. The van der Waals surface area contributed by atoms with E-state index in [0.29, 0.717) is 19.6 Å². The van der Waals surface area contributed by atoms with Gasteiger partial charge in [0.25, 0.3) is 0 Å². The van der Waals surface area contributed by atoms with Crippen LogP contribution in [0, 0.1) is 0 Å². The second-order valence-corrected chi connectivity index (χ2v) is 5.61. The van der Waals surface area contributed by atoms with Crippen molar-refractivity contribution in [1.29, 1.82) is 0 Å². The summed E-state index contributed by atoms with van der Waals surface area (Å²) in [6.07, 6.45) is 1.50. The van der Waals surface area contributed by atoms with Crippen molar-refractivity contribution >= 4 is 12.6 Å². The Morgan fingerprint density at radius 2 is 1.44 bits per heavy atom. The first-order chi connectivity index (χ1) is 7.33. The standard InChI is InChI=1S/C12H26O3S/c1-11(2,5-7-13)14-8-6-12(3,4)15-9-10-16/h13,16H,5-10H2,1-4H3. The molecule has 0 unspecified atom stereocenters. The maximum atomic E-state index is 8.86. The van der Waals surface area contributed by atoms with Crippen LogP contribution in [0.2, 0.25) is 0 Å². The van der Waals surface area contributed by atoms with Gasteiger partial charge in [0.1, 0.15) is 0 Å². The lowest BCUT2D eigenvalue weighted by atomic mass is 10.0. The van der Waals surface area contributed by atoms with Gasteiger partial charge in [-0.3, -0.25) is 0 Å². The van der Waals surface area contributed by atoms with Crippen molar-refractivity contribution < 1.29 is 14.6 Å². The van der Waals surface area contributed by atoms with Gasteiger partial charge < -0.3 is 14.6 Å². The Morgan fingerprint density at radius 3 is 1.94 bits per heavy atom. The quantitative estimate of drug-likeness (QED) is 0.617. The predicted octanol–water partition coefficient (Wildman–Crippen LogP) is 2.28. The van der Waals surface area contributed by atoms with Gasteiger partial charge >= 0.3 is 0 Å². The fourth-order valence-corrected chi connectivity index (χ4v) is 1.40. The van der Waals surface area contributed by atoms with Gasteiger partial charge in [-0.1, -0.05) is 0 Å². The van der Waals surface area contributed by atoms with Gasteiger partial charge in [0, 0.05) is 12.4 Å². The normalized spacial score (nSPS) is 13.1. The molecule has 0 rings (SSSR count). The third kappa shape index (κ3) is 8.39. The molecule has 0 spiro atoms. The van der Waals surface area contributed by atoms with E-state index in [0.717, 1.165) is 12.2 Å². The molecule has 0 amide bonds. The Labute approximate surface area is 105 Å². The second-order valence-electron chi connectivity index (χ2n) is 5.16. The van der Waals surface area contributed by atoms with Gasteiger partial charge in [-0.2, -0.15) is 12.6 Å². The molecule has 0 aromatic rings. The molecule has 4 heteroatoms. The van der Waals surface area contributed by atoms with Crippen LogP contribution < -0.4 is 0 Å². The molecule has 0 aliphatic heterocycles. The van der Waals surface area contributed by atoms with Crippen LogP contribution in [-0.4, -0.2) is 41.9 Å². The smallest absolute Gasteiger partial charge is 0.0648 e. The first-order valence-corrected chi connectivity index (χ1v) is 6.46. The Bertz CT molecular complexity index is 181. The molecule has 0 aromatic carbocycles. The third-order valence-electron chi connectivity index (χ3n) is 2.49. The van der Waals surface area contributed by atoms with Crippen LogP contribution in [0.5, 0.6) is 0 Å². The molecule has 0 aliphatic carbocycles. The van der Waals surface area contributed by atoms with Gasteiger partial charge in [-0.15, -0.1) is 0 Å². The fourth-order valence-electron chi connectivity index (χ4n) is 1.31. The van der Waals surface area contributed by atoms with Crippen molar-refractivity contribution in [2.24, 2.45) is 0 Å². The van der Waals surface area contributed by atoms with Gasteiger partial charge in [0.05, 0.1) is 24.4 Å². The van der Waals surface area contributed by atoms with Crippen molar-refractivity contribution in [3.05, 3.63) is 0 Å². The first-order valence-electron chi connectivity index (χ1n) is 5.83. The van der Waals surface area contributed by atoms with E-state index in [1.807, 2.05) is 13.8 Å². The van der Waals surface area contributed by atoms with E-state index < -0.39 is 0 Å². The second kappa shape index (κ2) is 7.54. The van der Waals surface area contributed by atoms with E-state index in [9.17, 15) is 0 Å². The summed E-state index contributed by atoms with van der Waals surface area (Å²) in [4.78, 5) is 0. The molecule has 0 bridgehead atoms. The summed E-state index contributed by atoms with van der Waals surface area (Å²) >= 11 is 4.11. The molecule has 0 saturated carbocycles. The van der Waals surface area contributed by atoms with Crippen molar-refractivity contribution in [2.75, 3.05) is 25.6 Å². The summed E-state index contributed by atoms with van der Waals surface area (Å²) in [5.74, 6) is 0.736. The summed E-state index contributed by atoms with van der Waals surface area (Å²) in [6.45, 7) is 9.56. The SMILES string of the molecule is CC(C)(CCO)OCCC(C)(C)OCCS. The number of aliphatic hydroxyl groups is 1. The number of rotatable bonds is 9. The summed E-state index contributed by atoms with van der Waals surface area (Å²) in [7, 11) is 0. The summed E-state index contributed by atoms with van der Waals surface area (Å²) in [5, 5.41) is 8.86. The zero-order valence-electron chi connectivity index (χ0n) is 11.0. The van der Waals surface area contributed by atoms with E-state index in [1.54, 1.807) is 0 Å². The minimum atomic E-state index is -0.256. The van der Waals surface area contributed by atoms with E-state index in [4.69, 9.17) is 14.6 Å². The van der Waals surface area contributed by atoms with Gasteiger partial charge in [-0.25, -0.2) is 0 Å². The lowest BCUT2D eigenvalue weighted by Gasteiger charge is -2.29. The van der Waals surface area contributed by atoms with Crippen LogP contribution >= 0.6 is 12.6 Å². The number of thiol groups is 1. The molecule has 0 aromatic heterocycles.